The van der Waals surface area contributed by atoms with Crippen LogP contribution in [0.15, 0.2) is 18.2 Å². The number of carbonyl (C=O) groups excluding carboxylic acids is 1. The maximum Gasteiger partial charge on any atom is 0.283 e. The molecule has 0 atom stereocenters. The first kappa shape index (κ1) is 20.6. The average molecular weight is 433 g/mol. The predicted octanol–water partition coefficient (Wildman–Crippen LogP) is 3.35. The molecule has 0 aliphatic carbocycles. The zero-order chi connectivity index (χ0) is 21.3. The number of carbonyl (C=O) groups is 1. The van der Waals surface area contributed by atoms with Gasteiger partial charge in [-0.05, 0) is 18.2 Å². The third-order valence-corrected chi connectivity index (χ3v) is 4.41. The van der Waals surface area contributed by atoms with E-state index in [4.69, 9.17) is 22.1 Å². The van der Waals surface area contributed by atoms with Crippen LogP contribution in [0.5, 0.6) is 5.75 Å². The molecule has 0 saturated carbocycles. The van der Waals surface area contributed by atoms with Crippen LogP contribution in [0.1, 0.15) is 40.3 Å². The van der Waals surface area contributed by atoms with Crippen LogP contribution < -0.4 is 10.5 Å². The van der Waals surface area contributed by atoms with Gasteiger partial charge >= 0.3 is 0 Å². The van der Waals surface area contributed by atoms with Crippen molar-refractivity contribution in [3.8, 4) is 17.0 Å². The van der Waals surface area contributed by atoms with Gasteiger partial charge < -0.3 is 10.5 Å². The van der Waals surface area contributed by atoms with E-state index in [2.05, 4.69) is 20.5 Å². The second kappa shape index (κ2) is 8.07. The van der Waals surface area contributed by atoms with E-state index in [0.29, 0.717) is 15.8 Å². The van der Waals surface area contributed by atoms with Crippen molar-refractivity contribution in [3.05, 3.63) is 45.9 Å². The van der Waals surface area contributed by atoms with Gasteiger partial charge in [-0.2, -0.15) is 20.5 Å². The Morgan fingerprint density at radius 1 is 1.28 bits per heavy atom. The molecule has 0 aliphatic heterocycles. The van der Waals surface area contributed by atoms with Crippen LogP contribution in [-0.4, -0.2) is 38.2 Å². The first-order valence-electron chi connectivity index (χ1n) is 7.94. The summed E-state index contributed by atoms with van der Waals surface area (Å²) in [5, 5.41) is 12.5. The second-order valence-corrected chi connectivity index (χ2v) is 6.13. The Labute approximate surface area is 165 Å². The number of nitrogens with zero attached hydrogens (tertiary/aromatic N) is 4. The van der Waals surface area contributed by atoms with Crippen molar-refractivity contribution in [1.82, 2.24) is 25.2 Å². The van der Waals surface area contributed by atoms with E-state index in [1.54, 1.807) is 6.07 Å². The Morgan fingerprint density at radius 2 is 2.00 bits per heavy atom. The van der Waals surface area contributed by atoms with E-state index in [-0.39, 0.29) is 23.7 Å². The van der Waals surface area contributed by atoms with E-state index < -0.39 is 35.2 Å². The van der Waals surface area contributed by atoms with E-state index in [9.17, 15) is 22.4 Å². The van der Waals surface area contributed by atoms with Gasteiger partial charge in [0.1, 0.15) is 22.8 Å². The van der Waals surface area contributed by atoms with E-state index >= 15 is 0 Å². The summed E-state index contributed by atoms with van der Waals surface area (Å²) in [5.74, 6) is -0.560. The van der Waals surface area contributed by atoms with Crippen molar-refractivity contribution in [3.63, 3.8) is 0 Å². The molecule has 2 aromatic heterocycles. The molecule has 2 heterocycles. The van der Waals surface area contributed by atoms with Crippen molar-refractivity contribution in [1.29, 1.82) is 0 Å². The number of ether oxygens (including phenoxy) is 1. The molecule has 0 spiro atoms. The smallest absolute Gasteiger partial charge is 0.283 e. The van der Waals surface area contributed by atoms with Crippen molar-refractivity contribution in [2.24, 2.45) is 5.73 Å². The standard InChI is InChI=1S/C16H13ClF4N6O2/c1-29-8-3-2-6(10-12(16(22)28)24-26-23-10)4-7(8)5-27-13(15(20)21)9(17)11(25-27)14(18)19/h2-4,14-15H,5H2,1H3,(H2,22,28)(H,23,24,26). The minimum absolute atomic E-state index is 0.127. The number of nitrogens with two attached hydrogens (primary N) is 1. The highest BCUT2D eigenvalue weighted by Crippen LogP contribution is 2.36. The summed E-state index contributed by atoms with van der Waals surface area (Å²) < 4.78 is 58.8. The number of H-pyrrole nitrogens is 1. The summed E-state index contributed by atoms with van der Waals surface area (Å²) in [4.78, 5) is 11.5. The van der Waals surface area contributed by atoms with Gasteiger partial charge in [-0.25, -0.2) is 17.6 Å². The molecule has 0 aliphatic rings. The van der Waals surface area contributed by atoms with Gasteiger partial charge in [0.25, 0.3) is 18.8 Å². The number of aromatic nitrogens is 5. The lowest BCUT2D eigenvalue weighted by atomic mass is 10.1. The van der Waals surface area contributed by atoms with Crippen molar-refractivity contribution in [2.45, 2.75) is 19.4 Å². The van der Waals surface area contributed by atoms with Crippen molar-refractivity contribution in [2.75, 3.05) is 7.11 Å². The largest absolute Gasteiger partial charge is 0.496 e. The Kier molecular flexibility index (Phi) is 5.73. The molecule has 3 rings (SSSR count). The highest BCUT2D eigenvalue weighted by Gasteiger charge is 2.28. The molecule has 0 unspecified atom stereocenters. The van der Waals surface area contributed by atoms with Crippen LogP contribution in [0.2, 0.25) is 5.02 Å². The fraction of sp³-hybridized carbons (Fsp3) is 0.250. The Balaban J connectivity index is 2.09. The molecule has 8 nitrogen and oxygen atoms in total. The lowest BCUT2D eigenvalue weighted by molar-refractivity contribution is 0.0996. The monoisotopic (exact) mass is 432 g/mol. The number of halogens is 5. The van der Waals surface area contributed by atoms with Gasteiger partial charge in [-0.1, -0.05) is 11.6 Å². The highest BCUT2D eigenvalue weighted by molar-refractivity contribution is 6.32. The molecular formula is C16H13ClF4N6O2. The van der Waals surface area contributed by atoms with Crippen LogP contribution in [0.25, 0.3) is 11.3 Å². The number of hydrogen-bond donors (Lipinski definition) is 2. The molecule has 0 saturated heterocycles. The zero-order valence-electron chi connectivity index (χ0n) is 14.7. The molecule has 3 N–H and O–H groups in total. The number of alkyl halides is 4. The molecular weight excluding hydrogens is 420 g/mol. The summed E-state index contributed by atoms with van der Waals surface area (Å²) >= 11 is 5.68. The highest BCUT2D eigenvalue weighted by atomic mass is 35.5. The number of benzene rings is 1. The summed E-state index contributed by atoms with van der Waals surface area (Å²) in [5.41, 5.74) is 4.13. The third kappa shape index (κ3) is 3.88. The van der Waals surface area contributed by atoms with Crippen LogP contribution in [0.3, 0.4) is 0 Å². The van der Waals surface area contributed by atoms with Gasteiger partial charge in [-0.3, -0.25) is 9.48 Å². The Bertz CT molecular complexity index is 1050. The van der Waals surface area contributed by atoms with Gasteiger partial charge in [0, 0.05) is 11.1 Å². The molecule has 154 valence electrons. The quantitative estimate of drug-likeness (QED) is 0.556. The molecule has 29 heavy (non-hydrogen) atoms. The van der Waals surface area contributed by atoms with Crippen LogP contribution in [0.4, 0.5) is 17.6 Å². The lowest BCUT2D eigenvalue weighted by Gasteiger charge is -2.12. The number of hydrogen-bond acceptors (Lipinski definition) is 5. The molecule has 13 heteroatoms. The van der Waals surface area contributed by atoms with Gasteiger partial charge in [0.2, 0.25) is 0 Å². The first-order chi connectivity index (χ1) is 13.7. The second-order valence-electron chi connectivity index (χ2n) is 5.76. The number of methoxy groups -OCH3 is 1. The van der Waals surface area contributed by atoms with Crippen LogP contribution in [-0.2, 0) is 6.54 Å². The number of primary amides is 1. The molecule has 0 bridgehead atoms. The third-order valence-electron chi connectivity index (χ3n) is 4.02. The molecule has 1 amide bonds. The minimum Gasteiger partial charge on any atom is -0.496 e. The van der Waals surface area contributed by atoms with Crippen molar-refractivity contribution < 1.29 is 27.1 Å². The Hall–Kier alpha value is -3.15. The number of rotatable bonds is 7. The van der Waals surface area contributed by atoms with Crippen molar-refractivity contribution >= 4 is 17.5 Å². The topological polar surface area (TPSA) is 112 Å². The van der Waals surface area contributed by atoms with Gasteiger partial charge in [0.05, 0.1) is 18.7 Å². The van der Waals surface area contributed by atoms with Gasteiger partial charge in [-0.15, -0.1) is 0 Å². The predicted molar refractivity (Wildman–Crippen MR) is 93.1 cm³/mol. The van der Waals surface area contributed by atoms with Gasteiger partial charge in [0.15, 0.2) is 5.69 Å². The first-order valence-corrected chi connectivity index (χ1v) is 8.32. The fourth-order valence-electron chi connectivity index (χ4n) is 2.76. The normalized spacial score (nSPS) is 11.4. The SMILES string of the molecule is COc1ccc(-c2n[nH]nc2C(N)=O)cc1Cn1nc(C(F)F)c(Cl)c1C(F)F. The minimum atomic E-state index is -3.13. The van der Waals surface area contributed by atoms with E-state index in [0.717, 1.165) is 0 Å². The molecule has 1 aromatic carbocycles. The fourth-order valence-corrected chi connectivity index (χ4v) is 3.06. The number of aromatic amines is 1. The molecule has 0 radical (unpaired) electrons. The summed E-state index contributed by atoms with van der Waals surface area (Å²) in [6, 6.07) is 4.50. The average Bonchev–Trinajstić information content (AvgIpc) is 3.26. The number of amides is 1. The molecule has 0 fully saturated rings. The van der Waals surface area contributed by atoms with Crippen LogP contribution in [0, 0.1) is 0 Å². The maximum absolute atomic E-state index is 13.4. The molecule has 3 aromatic rings. The zero-order valence-corrected chi connectivity index (χ0v) is 15.4. The van der Waals surface area contributed by atoms with Crippen LogP contribution >= 0.6 is 11.6 Å². The summed E-state index contributed by atoms with van der Waals surface area (Å²) in [6.45, 7) is -0.354. The number of nitrogens with one attached hydrogen (secondary N) is 1. The lowest BCUT2D eigenvalue weighted by Crippen LogP contribution is -2.13. The van der Waals surface area contributed by atoms with E-state index in [1.807, 2.05) is 0 Å². The van der Waals surface area contributed by atoms with E-state index in [1.165, 1.54) is 19.2 Å². The Morgan fingerprint density at radius 3 is 2.59 bits per heavy atom. The summed E-state index contributed by atoms with van der Waals surface area (Å²) in [6.07, 6.45) is -6.25. The summed E-state index contributed by atoms with van der Waals surface area (Å²) in [7, 11) is 1.35. The maximum atomic E-state index is 13.4.